The minimum absolute atomic E-state index is 0.00494. The number of amides is 2. The summed E-state index contributed by atoms with van der Waals surface area (Å²) < 4.78 is 25.0. The second-order valence-corrected chi connectivity index (χ2v) is 9.19. The zero-order valence-electron chi connectivity index (χ0n) is 13.9. The van der Waals surface area contributed by atoms with Gasteiger partial charge in [0.05, 0.1) is 5.75 Å². The van der Waals surface area contributed by atoms with E-state index in [1.54, 1.807) is 0 Å². The van der Waals surface area contributed by atoms with Crippen LogP contribution in [0.25, 0.3) is 0 Å². The number of hydrogen-bond donors (Lipinski definition) is 1. The molecule has 0 aromatic rings. The van der Waals surface area contributed by atoms with Gasteiger partial charge in [-0.1, -0.05) is 19.3 Å². The Morgan fingerprint density at radius 1 is 1.00 bits per heavy atom. The van der Waals surface area contributed by atoms with Gasteiger partial charge in [0, 0.05) is 32.2 Å². The summed E-state index contributed by atoms with van der Waals surface area (Å²) in [7, 11) is -3.06. The molecule has 1 aliphatic carbocycles. The highest BCUT2D eigenvalue weighted by Gasteiger charge is 2.35. The van der Waals surface area contributed by atoms with E-state index in [1.165, 1.54) is 36.4 Å². The molecule has 1 atom stereocenters. The first-order valence-corrected chi connectivity index (χ1v) is 10.7. The van der Waals surface area contributed by atoms with Crippen LogP contribution in [0.4, 0.5) is 4.79 Å². The molecule has 2 aliphatic heterocycles. The van der Waals surface area contributed by atoms with E-state index in [-0.39, 0.29) is 11.8 Å². The fourth-order valence-corrected chi connectivity index (χ4v) is 5.91. The average Bonchev–Trinajstić information content (AvgIpc) is 3.15. The van der Waals surface area contributed by atoms with Gasteiger partial charge in [-0.25, -0.2) is 17.5 Å². The number of carbonyl (C=O) groups is 1. The minimum atomic E-state index is -3.06. The summed E-state index contributed by atoms with van der Waals surface area (Å²) in [6, 6.07) is 0.389. The Kier molecular flexibility index (Phi) is 5.46. The fraction of sp³-hybridized carbons (Fsp3) is 0.938. The summed E-state index contributed by atoms with van der Waals surface area (Å²) in [5.74, 6) is 0.910. The van der Waals surface area contributed by atoms with Crippen molar-refractivity contribution in [3.8, 4) is 0 Å². The first-order chi connectivity index (χ1) is 11.1. The summed E-state index contributed by atoms with van der Waals surface area (Å²) >= 11 is 0. The number of nitrogens with zero attached hydrogens (tertiary/aromatic N) is 2. The van der Waals surface area contributed by atoms with Crippen LogP contribution in [0.15, 0.2) is 0 Å². The van der Waals surface area contributed by atoms with Crippen LogP contribution in [0.1, 0.15) is 51.4 Å². The van der Waals surface area contributed by atoms with Crippen LogP contribution in [0.5, 0.6) is 0 Å². The molecule has 132 valence electrons. The molecule has 1 unspecified atom stereocenters. The molecule has 0 spiro atoms. The first kappa shape index (κ1) is 17.0. The Bertz CT molecular complexity index is 517. The van der Waals surface area contributed by atoms with Gasteiger partial charge in [-0.05, 0) is 38.0 Å². The quantitative estimate of drug-likeness (QED) is 0.846. The van der Waals surface area contributed by atoms with Gasteiger partial charge >= 0.3 is 6.03 Å². The molecule has 7 heteroatoms. The summed E-state index contributed by atoms with van der Waals surface area (Å²) in [5, 5.41) is 2.94. The molecule has 0 bridgehead atoms. The van der Waals surface area contributed by atoms with Gasteiger partial charge in [0.2, 0.25) is 10.0 Å². The van der Waals surface area contributed by atoms with E-state index < -0.39 is 10.0 Å². The Balaban J connectivity index is 1.47. The van der Waals surface area contributed by atoms with Crippen LogP contribution < -0.4 is 5.32 Å². The van der Waals surface area contributed by atoms with E-state index in [4.69, 9.17) is 0 Å². The number of sulfonamides is 1. The maximum Gasteiger partial charge on any atom is 0.317 e. The molecule has 6 nitrogen and oxygen atoms in total. The third-order valence-corrected chi connectivity index (χ3v) is 7.55. The van der Waals surface area contributed by atoms with Gasteiger partial charge in [0.15, 0.2) is 0 Å². The monoisotopic (exact) mass is 343 g/mol. The van der Waals surface area contributed by atoms with E-state index in [0.717, 1.165) is 19.4 Å². The van der Waals surface area contributed by atoms with Crippen molar-refractivity contribution in [2.24, 2.45) is 5.92 Å². The second kappa shape index (κ2) is 7.38. The van der Waals surface area contributed by atoms with Gasteiger partial charge < -0.3 is 10.2 Å². The number of carbonyl (C=O) groups excluding carboxylic acids is 1. The van der Waals surface area contributed by atoms with Crippen molar-refractivity contribution in [2.75, 3.05) is 31.9 Å². The van der Waals surface area contributed by atoms with E-state index in [2.05, 4.69) is 5.32 Å². The van der Waals surface area contributed by atoms with E-state index in [9.17, 15) is 13.2 Å². The van der Waals surface area contributed by atoms with Gasteiger partial charge in [0.1, 0.15) is 0 Å². The van der Waals surface area contributed by atoms with Crippen LogP contribution in [-0.2, 0) is 10.0 Å². The fourth-order valence-electron chi connectivity index (χ4n) is 4.39. The lowest BCUT2D eigenvalue weighted by molar-refractivity contribution is 0.156. The average molecular weight is 343 g/mol. The molecule has 0 aromatic heterocycles. The lowest BCUT2D eigenvalue weighted by Crippen LogP contribution is -2.47. The third kappa shape index (κ3) is 3.99. The topological polar surface area (TPSA) is 69.7 Å². The molecule has 3 aliphatic rings. The van der Waals surface area contributed by atoms with Gasteiger partial charge in [0.25, 0.3) is 0 Å². The zero-order chi connectivity index (χ0) is 16.3. The Hall–Kier alpha value is -0.820. The maximum atomic E-state index is 12.5. The van der Waals surface area contributed by atoms with E-state index in [1.807, 2.05) is 4.90 Å². The normalized spacial score (nSPS) is 29.0. The third-order valence-electron chi connectivity index (χ3n) is 5.59. The number of hydrogen-bond acceptors (Lipinski definition) is 3. The van der Waals surface area contributed by atoms with Crippen molar-refractivity contribution in [2.45, 2.75) is 57.4 Å². The highest BCUT2D eigenvalue weighted by atomic mass is 32.2. The standard InChI is InChI=1S/C16H29N3O3S/c20-16(17-9-12-18-10-5-13-23(18,21)22)19-11-4-8-15(19)14-6-2-1-3-7-14/h14-15H,1-13H2,(H,17,20). The highest BCUT2D eigenvalue weighted by Crippen LogP contribution is 2.34. The molecule has 3 fully saturated rings. The molecule has 0 radical (unpaired) electrons. The SMILES string of the molecule is O=C(NCCN1CCCS1(=O)=O)N1CCCC1C1CCCCC1. The lowest BCUT2D eigenvalue weighted by atomic mass is 9.83. The molecule has 2 heterocycles. The van der Waals surface area contributed by atoms with Crippen molar-refractivity contribution in [1.29, 1.82) is 0 Å². The van der Waals surface area contributed by atoms with Crippen molar-refractivity contribution in [3.05, 3.63) is 0 Å². The molecule has 23 heavy (non-hydrogen) atoms. The first-order valence-electron chi connectivity index (χ1n) is 9.10. The van der Waals surface area contributed by atoms with Crippen molar-refractivity contribution < 1.29 is 13.2 Å². The van der Waals surface area contributed by atoms with Crippen LogP contribution in [-0.4, -0.2) is 61.6 Å². The summed E-state index contributed by atoms with van der Waals surface area (Å²) in [5.41, 5.74) is 0. The molecule has 1 saturated carbocycles. The van der Waals surface area contributed by atoms with Gasteiger partial charge in [-0.2, -0.15) is 0 Å². The smallest absolute Gasteiger partial charge is 0.317 e. The molecule has 2 saturated heterocycles. The number of nitrogens with one attached hydrogen (secondary N) is 1. The Morgan fingerprint density at radius 3 is 2.48 bits per heavy atom. The molecular formula is C16H29N3O3S. The second-order valence-electron chi connectivity index (χ2n) is 7.10. The van der Waals surface area contributed by atoms with Crippen molar-refractivity contribution in [1.82, 2.24) is 14.5 Å². The number of urea groups is 1. The zero-order valence-corrected chi connectivity index (χ0v) is 14.7. The molecular weight excluding hydrogens is 314 g/mol. The summed E-state index contributed by atoms with van der Waals surface area (Å²) in [6.07, 6.45) is 9.34. The van der Waals surface area contributed by atoms with E-state index in [0.29, 0.717) is 38.0 Å². The summed E-state index contributed by atoms with van der Waals surface area (Å²) in [4.78, 5) is 14.5. The molecule has 1 N–H and O–H groups in total. The van der Waals surface area contributed by atoms with Gasteiger partial charge in [-0.15, -0.1) is 0 Å². The molecule has 2 amide bonds. The molecule has 3 rings (SSSR count). The van der Waals surface area contributed by atoms with Crippen LogP contribution in [0, 0.1) is 5.92 Å². The number of likely N-dealkylation sites (tertiary alicyclic amines) is 1. The Labute approximate surface area is 139 Å². The van der Waals surface area contributed by atoms with Crippen LogP contribution in [0.2, 0.25) is 0 Å². The largest absolute Gasteiger partial charge is 0.337 e. The number of rotatable bonds is 4. The predicted molar refractivity (Wildman–Crippen MR) is 89.7 cm³/mol. The van der Waals surface area contributed by atoms with Gasteiger partial charge in [-0.3, -0.25) is 0 Å². The Morgan fingerprint density at radius 2 is 1.78 bits per heavy atom. The van der Waals surface area contributed by atoms with Crippen LogP contribution in [0.3, 0.4) is 0 Å². The minimum Gasteiger partial charge on any atom is -0.337 e. The predicted octanol–water partition coefficient (Wildman–Crippen LogP) is 1.78. The van der Waals surface area contributed by atoms with E-state index >= 15 is 0 Å². The van der Waals surface area contributed by atoms with Crippen molar-refractivity contribution in [3.63, 3.8) is 0 Å². The maximum absolute atomic E-state index is 12.5. The van der Waals surface area contributed by atoms with Crippen LogP contribution >= 0.6 is 0 Å². The summed E-state index contributed by atoms with van der Waals surface area (Å²) in [6.45, 7) is 2.24. The lowest BCUT2D eigenvalue weighted by Gasteiger charge is -2.34. The molecule has 0 aromatic carbocycles. The van der Waals surface area contributed by atoms with Crippen molar-refractivity contribution >= 4 is 16.1 Å². The highest BCUT2D eigenvalue weighted by molar-refractivity contribution is 7.89.